The molecule has 3 rings (SSSR count). The maximum atomic E-state index is 11.8. The molecule has 0 fully saturated rings. The number of methoxy groups -OCH3 is 1. The van der Waals surface area contributed by atoms with Crippen LogP contribution in [-0.2, 0) is 13.0 Å². The fourth-order valence-corrected chi connectivity index (χ4v) is 3.76. The molecule has 0 spiro atoms. The summed E-state index contributed by atoms with van der Waals surface area (Å²) in [7, 11) is 1.60. The molecule has 0 bridgehead atoms. The van der Waals surface area contributed by atoms with Crippen LogP contribution in [0.4, 0.5) is 0 Å². The molecule has 0 saturated carbocycles. The Balaban J connectivity index is 2.17. The van der Waals surface area contributed by atoms with Gasteiger partial charge in [-0.3, -0.25) is 9.78 Å². The lowest BCUT2D eigenvalue weighted by Gasteiger charge is -2.13. The number of nitrogens with zero attached hydrogens (tertiary/aromatic N) is 1. The third-order valence-electron chi connectivity index (χ3n) is 3.39. The van der Waals surface area contributed by atoms with E-state index in [9.17, 15) is 4.79 Å². The van der Waals surface area contributed by atoms with Crippen LogP contribution in [0, 0.1) is 0 Å². The van der Waals surface area contributed by atoms with Crippen molar-refractivity contribution >= 4 is 17.2 Å². The molecular formula is C14H15N3O2S. The Labute approximate surface area is 120 Å². The Kier molecular flexibility index (Phi) is 3.42. The number of nitrogens with one attached hydrogen (secondary N) is 1. The summed E-state index contributed by atoms with van der Waals surface area (Å²) in [6.07, 6.45) is 4.21. The van der Waals surface area contributed by atoms with Crippen LogP contribution in [0.2, 0.25) is 0 Å². The molecule has 0 unspecified atom stereocenters. The highest BCUT2D eigenvalue weighted by Gasteiger charge is 2.24. The quantitative estimate of drug-likeness (QED) is 0.899. The van der Waals surface area contributed by atoms with E-state index in [0.717, 1.165) is 35.5 Å². The van der Waals surface area contributed by atoms with Gasteiger partial charge in [0.2, 0.25) is 5.91 Å². The number of ether oxygens (including phenoxy) is 1. The van der Waals surface area contributed by atoms with Gasteiger partial charge in [0.05, 0.1) is 18.9 Å². The summed E-state index contributed by atoms with van der Waals surface area (Å²) < 4.78 is 5.19. The number of aromatic nitrogens is 1. The van der Waals surface area contributed by atoms with Crippen molar-refractivity contribution in [3.05, 3.63) is 34.5 Å². The smallest absolute Gasteiger partial charge is 0.250 e. The van der Waals surface area contributed by atoms with E-state index in [1.807, 2.05) is 6.07 Å². The van der Waals surface area contributed by atoms with Gasteiger partial charge >= 0.3 is 0 Å². The van der Waals surface area contributed by atoms with Gasteiger partial charge in [0.25, 0.3) is 0 Å². The summed E-state index contributed by atoms with van der Waals surface area (Å²) >= 11 is 1.60. The van der Waals surface area contributed by atoms with E-state index in [2.05, 4.69) is 10.3 Å². The molecule has 20 heavy (non-hydrogen) atoms. The van der Waals surface area contributed by atoms with Gasteiger partial charge < -0.3 is 15.8 Å². The second-order valence-electron chi connectivity index (χ2n) is 4.61. The van der Waals surface area contributed by atoms with Crippen molar-refractivity contribution in [2.45, 2.75) is 13.0 Å². The molecule has 1 amide bonds. The lowest BCUT2D eigenvalue weighted by atomic mass is 10.00. The predicted octanol–water partition coefficient (Wildman–Crippen LogP) is 1.56. The number of amides is 1. The molecule has 104 valence electrons. The van der Waals surface area contributed by atoms with E-state index in [1.54, 1.807) is 30.8 Å². The van der Waals surface area contributed by atoms with Crippen LogP contribution in [0.15, 0.2) is 18.5 Å². The second kappa shape index (κ2) is 5.22. The largest absolute Gasteiger partial charge is 0.495 e. The van der Waals surface area contributed by atoms with E-state index in [4.69, 9.17) is 10.5 Å². The number of carbonyl (C=O) groups is 1. The lowest BCUT2D eigenvalue weighted by Crippen LogP contribution is -2.24. The highest BCUT2D eigenvalue weighted by molar-refractivity contribution is 7.16. The molecule has 0 saturated heterocycles. The predicted molar refractivity (Wildman–Crippen MR) is 78.0 cm³/mol. The molecular weight excluding hydrogens is 274 g/mol. The Morgan fingerprint density at radius 3 is 3.10 bits per heavy atom. The molecule has 6 heteroatoms. The van der Waals surface area contributed by atoms with Crippen LogP contribution in [0.25, 0.3) is 10.4 Å². The van der Waals surface area contributed by atoms with Crippen LogP contribution in [0.5, 0.6) is 5.75 Å². The average Bonchev–Trinajstić information content (AvgIpc) is 2.87. The summed E-state index contributed by atoms with van der Waals surface area (Å²) in [5.41, 5.74) is 8.18. The molecule has 0 atom stereocenters. The summed E-state index contributed by atoms with van der Waals surface area (Å²) in [6, 6.07) is 1.88. The first kappa shape index (κ1) is 13.1. The van der Waals surface area contributed by atoms with Crippen molar-refractivity contribution < 1.29 is 9.53 Å². The zero-order valence-corrected chi connectivity index (χ0v) is 11.9. The highest BCUT2D eigenvalue weighted by Crippen LogP contribution is 2.38. The third kappa shape index (κ3) is 2.17. The van der Waals surface area contributed by atoms with Gasteiger partial charge in [0, 0.05) is 28.1 Å². The SMILES string of the molecule is COc1cncc(-c2sc3c(c2C(N)=O)CCNC3)c1. The molecule has 3 N–H and O–H groups in total. The van der Waals surface area contributed by atoms with E-state index >= 15 is 0 Å². The Morgan fingerprint density at radius 2 is 2.35 bits per heavy atom. The van der Waals surface area contributed by atoms with Crippen LogP contribution in [0.1, 0.15) is 20.8 Å². The van der Waals surface area contributed by atoms with E-state index in [-0.39, 0.29) is 5.91 Å². The average molecular weight is 289 g/mol. The zero-order valence-electron chi connectivity index (χ0n) is 11.1. The van der Waals surface area contributed by atoms with Gasteiger partial charge in [-0.05, 0) is 24.6 Å². The number of rotatable bonds is 3. The molecule has 2 aromatic heterocycles. The number of primary amides is 1. The maximum Gasteiger partial charge on any atom is 0.250 e. The number of carbonyl (C=O) groups excluding carboxylic acids is 1. The molecule has 1 aliphatic rings. The standard InChI is InChI=1S/C14H15N3O2S/c1-19-9-4-8(5-17-6-9)13-12(14(15)18)10-2-3-16-7-11(10)20-13/h4-6,16H,2-3,7H2,1H3,(H2,15,18). The fraction of sp³-hybridized carbons (Fsp3) is 0.286. The van der Waals surface area contributed by atoms with Gasteiger partial charge in [-0.2, -0.15) is 0 Å². The molecule has 5 nitrogen and oxygen atoms in total. The van der Waals surface area contributed by atoms with Crippen LogP contribution >= 0.6 is 11.3 Å². The minimum atomic E-state index is -0.373. The lowest BCUT2D eigenvalue weighted by molar-refractivity contribution is 0.1000. The monoisotopic (exact) mass is 289 g/mol. The number of hydrogen-bond acceptors (Lipinski definition) is 5. The van der Waals surface area contributed by atoms with Crippen LogP contribution in [-0.4, -0.2) is 24.5 Å². The zero-order chi connectivity index (χ0) is 14.1. The van der Waals surface area contributed by atoms with E-state index < -0.39 is 0 Å². The maximum absolute atomic E-state index is 11.8. The minimum Gasteiger partial charge on any atom is -0.495 e. The molecule has 0 aliphatic carbocycles. The normalized spacial score (nSPS) is 13.8. The number of nitrogens with two attached hydrogens (primary N) is 1. The van der Waals surface area contributed by atoms with Crippen molar-refractivity contribution in [1.82, 2.24) is 10.3 Å². The molecule has 0 aromatic carbocycles. The molecule has 1 aliphatic heterocycles. The first-order valence-electron chi connectivity index (χ1n) is 6.35. The van der Waals surface area contributed by atoms with Gasteiger partial charge in [0.15, 0.2) is 0 Å². The molecule has 3 heterocycles. The van der Waals surface area contributed by atoms with Crippen molar-refractivity contribution in [1.29, 1.82) is 0 Å². The first-order chi connectivity index (χ1) is 9.70. The van der Waals surface area contributed by atoms with Crippen LogP contribution in [0.3, 0.4) is 0 Å². The van der Waals surface area contributed by atoms with E-state index in [0.29, 0.717) is 11.3 Å². The topological polar surface area (TPSA) is 77.2 Å². The van der Waals surface area contributed by atoms with Crippen molar-refractivity contribution in [2.24, 2.45) is 5.73 Å². The Morgan fingerprint density at radius 1 is 1.50 bits per heavy atom. The number of hydrogen-bond donors (Lipinski definition) is 2. The number of fused-ring (bicyclic) bond motifs is 1. The van der Waals surface area contributed by atoms with Gasteiger partial charge in [0.1, 0.15) is 5.75 Å². The summed E-state index contributed by atoms with van der Waals surface area (Å²) in [5.74, 6) is 0.296. The van der Waals surface area contributed by atoms with E-state index in [1.165, 1.54) is 4.88 Å². The summed E-state index contributed by atoms with van der Waals surface area (Å²) in [5, 5.41) is 3.31. The minimum absolute atomic E-state index is 0.373. The molecule has 0 radical (unpaired) electrons. The highest BCUT2D eigenvalue weighted by atomic mass is 32.1. The van der Waals surface area contributed by atoms with Gasteiger partial charge in [-0.15, -0.1) is 11.3 Å². The Bertz CT molecular complexity index is 666. The van der Waals surface area contributed by atoms with Gasteiger partial charge in [-0.1, -0.05) is 0 Å². The molecule has 2 aromatic rings. The number of thiophene rings is 1. The van der Waals surface area contributed by atoms with Gasteiger partial charge in [-0.25, -0.2) is 0 Å². The van der Waals surface area contributed by atoms with Crippen molar-refractivity contribution in [3.63, 3.8) is 0 Å². The van der Waals surface area contributed by atoms with Crippen LogP contribution < -0.4 is 15.8 Å². The number of pyridine rings is 1. The summed E-state index contributed by atoms with van der Waals surface area (Å²) in [6.45, 7) is 1.66. The summed E-state index contributed by atoms with van der Waals surface area (Å²) in [4.78, 5) is 18.1. The Hall–Kier alpha value is -1.92. The first-order valence-corrected chi connectivity index (χ1v) is 7.17. The fourth-order valence-electron chi connectivity index (χ4n) is 2.45. The third-order valence-corrected chi connectivity index (χ3v) is 4.67. The van der Waals surface area contributed by atoms with Crippen molar-refractivity contribution in [3.8, 4) is 16.2 Å². The second-order valence-corrected chi connectivity index (χ2v) is 5.72. The van der Waals surface area contributed by atoms with Crippen molar-refractivity contribution in [2.75, 3.05) is 13.7 Å².